The van der Waals surface area contributed by atoms with E-state index in [1.54, 1.807) is 47.9 Å². The Kier molecular flexibility index (Phi) is 9.79. The maximum absolute atomic E-state index is 13.9. The van der Waals surface area contributed by atoms with E-state index in [0.29, 0.717) is 47.3 Å². The Labute approximate surface area is 256 Å². The fourth-order valence-electron chi connectivity index (χ4n) is 4.60. The lowest BCUT2D eigenvalue weighted by atomic mass is 10.0. The lowest BCUT2D eigenvalue weighted by molar-refractivity contribution is -0.00103. The van der Waals surface area contributed by atoms with Crippen LogP contribution in [0.25, 0.3) is 0 Å². The second-order valence-corrected chi connectivity index (χ2v) is 14.0. The number of carbonyl (C=O) groups is 1. The van der Waals surface area contributed by atoms with E-state index in [4.69, 9.17) is 30.5 Å². The number of aromatic nitrogens is 1. The number of methoxy groups -OCH3 is 2. The van der Waals surface area contributed by atoms with Crippen LogP contribution in [0.2, 0.25) is 5.02 Å². The third-order valence-electron chi connectivity index (χ3n) is 6.68. The molecular weight excluding hydrogens is 602 g/mol. The molecule has 42 heavy (non-hydrogen) atoms. The summed E-state index contributed by atoms with van der Waals surface area (Å²) in [7, 11) is -1.02. The molecule has 1 saturated heterocycles. The van der Waals surface area contributed by atoms with Crippen LogP contribution < -0.4 is 18.5 Å². The van der Waals surface area contributed by atoms with E-state index in [2.05, 4.69) is 4.98 Å². The number of benzene rings is 2. The SMILES string of the molecule is COc1ccc(CN(c2nccs2)S(=O)(=O)c2ccc(O[C@H]3CCN(C(=O)OC(C)(C)C)[C@H](C)C3)c(Cl)c2)c(OC)c1. The van der Waals surface area contributed by atoms with E-state index >= 15 is 0 Å². The van der Waals surface area contributed by atoms with Crippen molar-refractivity contribution in [1.29, 1.82) is 0 Å². The number of thiazole rings is 1. The standard InChI is InChI=1S/C29H36ClN3O7S2/c1-19-15-22(11-13-32(19)28(34)40-29(2,3)4)39-25-10-9-23(17-24(25)30)42(35,36)33(27-31-12-14-41-27)18-20-7-8-21(37-5)16-26(20)38-6/h7-10,12,14,16-17,19,22H,11,13,15,18H2,1-6H3/t19-,22+/m1/s1. The van der Waals surface area contributed by atoms with Crippen LogP contribution in [-0.2, 0) is 21.3 Å². The zero-order valence-electron chi connectivity index (χ0n) is 24.5. The molecule has 0 saturated carbocycles. The molecule has 10 nitrogen and oxygen atoms in total. The van der Waals surface area contributed by atoms with Crippen molar-refractivity contribution >= 4 is 44.2 Å². The van der Waals surface area contributed by atoms with E-state index in [0.717, 1.165) is 0 Å². The molecule has 13 heteroatoms. The smallest absolute Gasteiger partial charge is 0.410 e. The quantitative estimate of drug-likeness (QED) is 0.266. The van der Waals surface area contributed by atoms with E-state index in [1.807, 2.05) is 27.7 Å². The van der Waals surface area contributed by atoms with Gasteiger partial charge in [0.05, 0.1) is 30.7 Å². The molecule has 4 rings (SSSR count). The number of piperidine rings is 1. The van der Waals surface area contributed by atoms with Gasteiger partial charge in [0, 0.05) is 48.6 Å². The predicted molar refractivity (Wildman–Crippen MR) is 163 cm³/mol. The van der Waals surface area contributed by atoms with E-state index in [-0.39, 0.29) is 34.7 Å². The molecule has 0 aliphatic carbocycles. The van der Waals surface area contributed by atoms with Crippen LogP contribution in [0.15, 0.2) is 52.9 Å². The Morgan fingerprint density at radius 3 is 2.50 bits per heavy atom. The van der Waals surface area contributed by atoms with Gasteiger partial charge in [0.2, 0.25) is 0 Å². The van der Waals surface area contributed by atoms with Crippen LogP contribution in [0.5, 0.6) is 17.2 Å². The van der Waals surface area contributed by atoms with Crippen molar-refractivity contribution in [3.8, 4) is 17.2 Å². The normalized spacial score (nSPS) is 17.5. The Hall–Kier alpha value is -3.22. The van der Waals surface area contributed by atoms with Crippen LogP contribution >= 0.6 is 22.9 Å². The van der Waals surface area contributed by atoms with Crippen LogP contribution in [-0.4, -0.2) is 62.9 Å². The number of ether oxygens (including phenoxy) is 4. The fourth-order valence-corrected chi connectivity index (χ4v) is 7.19. The Bertz CT molecular complexity index is 1490. The molecule has 2 atom stereocenters. The van der Waals surface area contributed by atoms with Gasteiger partial charge in [-0.1, -0.05) is 11.6 Å². The first-order chi connectivity index (χ1) is 19.8. The highest BCUT2D eigenvalue weighted by Crippen LogP contribution is 2.35. The van der Waals surface area contributed by atoms with Crippen LogP contribution in [0.3, 0.4) is 0 Å². The molecule has 0 bridgehead atoms. The second-order valence-electron chi connectivity index (χ2n) is 10.9. The fraction of sp³-hybridized carbons (Fsp3) is 0.448. The number of sulfonamides is 1. The van der Waals surface area contributed by atoms with Gasteiger partial charge in [0.25, 0.3) is 10.0 Å². The summed E-state index contributed by atoms with van der Waals surface area (Å²) in [6, 6.07) is 9.52. The molecule has 0 spiro atoms. The van der Waals surface area contributed by atoms with Crippen molar-refractivity contribution < 1.29 is 32.2 Å². The lowest BCUT2D eigenvalue weighted by Gasteiger charge is -2.38. The molecule has 2 aromatic carbocycles. The first-order valence-corrected chi connectivity index (χ1v) is 16.1. The number of hydrogen-bond acceptors (Lipinski definition) is 9. The number of rotatable bonds is 9. The monoisotopic (exact) mass is 637 g/mol. The highest BCUT2D eigenvalue weighted by atomic mass is 35.5. The van der Waals surface area contributed by atoms with Crippen LogP contribution in [0.1, 0.15) is 46.1 Å². The minimum atomic E-state index is -4.08. The van der Waals surface area contributed by atoms with Gasteiger partial charge in [-0.2, -0.15) is 0 Å². The molecule has 3 aromatic rings. The Balaban J connectivity index is 1.52. The third kappa shape index (κ3) is 7.40. The van der Waals surface area contributed by atoms with Crippen molar-refractivity contribution in [3.63, 3.8) is 0 Å². The first-order valence-electron chi connectivity index (χ1n) is 13.4. The second kappa shape index (κ2) is 13.0. The van der Waals surface area contributed by atoms with Gasteiger partial charge >= 0.3 is 6.09 Å². The number of carbonyl (C=O) groups excluding carboxylic acids is 1. The topological polar surface area (TPSA) is 108 Å². The van der Waals surface area contributed by atoms with Gasteiger partial charge in [0.1, 0.15) is 29.0 Å². The Morgan fingerprint density at radius 2 is 1.90 bits per heavy atom. The lowest BCUT2D eigenvalue weighted by Crippen LogP contribution is -2.49. The number of hydrogen-bond donors (Lipinski definition) is 0. The van der Waals surface area contributed by atoms with Crippen molar-refractivity contribution in [2.24, 2.45) is 0 Å². The molecule has 0 radical (unpaired) electrons. The number of halogens is 1. The predicted octanol–water partition coefficient (Wildman–Crippen LogP) is 6.38. The summed E-state index contributed by atoms with van der Waals surface area (Å²) in [5, 5.41) is 2.18. The summed E-state index contributed by atoms with van der Waals surface area (Å²) in [5.74, 6) is 1.45. The highest BCUT2D eigenvalue weighted by molar-refractivity contribution is 7.93. The molecular formula is C29H36ClN3O7S2. The summed E-state index contributed by atoms with van der Waals surface area (Å²) in [6.07, 6.45) is 2.16. The zero-order chi connectivity index (χ0) is 30.7. The first kappa shape index (κ1) is 31.7. The molecule has 1 aliphatic rings. The molecule has 1 aromatic heterocycles. The van der Waals surface area contributed by atoms with Gasteiger partial charge in [0.15, 0.2) is 5.13 Å². The van der Waals surface area contributed by atoms with E-state index < -0.39 is 15.6 Å². The molecule has 2 heterocycles. The highest BCUT2D eigenvalue weighted by Gasteiger charge is 2.33. The molecule has 0 unspecified atom stereocenters. The zero-order valence-corrected chi connectivity index (χ0v) is 26.9. The molecule has 228 valence electrons. The summed E-state index contributed by atoms with van der Waals surface area (Å²) < 4.78 is 51.5. The molecule has 0 N–H and O–H groups in total. The summed E-state index contributed by atoms with van der Waals surface area (Å²) in [4.78, 5) is 18.5. The summed E-state index contributed by atoms with van der Waals surface area (Å²) >= 11 is 7.78. The number of amides is 1. The van der Waals surface area contributed by atoms with Crippen molar-refractivity contribution in [2.45, 2.75) is 69.7 Å². The summed E-state index contributed by atoms with van der Waals surface area (Å²) in [5.41, 5.74) is 0.0604. The van der Waals surface area contributed by atoms with Gasteiger partial charge < -0.3 is 23.8 Å². The molecule has 1 aliphatic heterocycles. The van der Waals surface area contributed by atoms with Gasteiger partial charge in [-0.05, 0) is 58.0 Å². The summed E-state index contributed by atoms with van der Waals surface area (Å²) in [6.45, 7) is 7.91. The minimum absolute atomic E-state index is 0.00404. The number of nitrogens with zero attached hydrogens (tertiary/aromatic N) is 3. The maximum atomic E-state index is 13.9. The Morgan fingerprint density at radius 1 is 1.14 bits per heavy atom. The minimum Gasteiger partial charge on any atom is -0.497 e. The van der Waals surface area contributed by atoms with Gasteiger partial charge in [-0.25, -0.2) is 22.5 Å². The van der Waals surface area contributed by atoms with E-state index in [1.165, 1.54) is 34.9 Å². The van der Waals surface area contributed by atoms with Crippen molar-refractivity contribution in [3.05, 3.63) is 58.6 Å². The van der Waals surface area contributed by atoms with Gasteiger partial charge in [-0.15, -0.1) is 11.3 Å². The molecule has 1 amide bonds. The van der Waals surface area contributed by atoms with E-state index in [9.17, 15) is 13.2 Å². The van der Waals surface area contributed by atoms with Gasteiger partial charge in [-0.3, -0.25) is 0 Å². The average Bonchev–Trinajstić information content (AvgIpc) is 3.46. The third-order valence-corrected chi connectivity index (χ3v) is 9.62. The van der Waals surface area contributed by atoms with Crippen LogP contribution in [0.4, 0.5) is 9.93 Å². The number of likely N-dealkylation sites (tertiary alicyclic amines) is 1. The van der Waals surface area contributed by atoms with Crippen molar-refractivity contribution in [2.75, 3.05) is 25.1 Å². The van der Waals surface area contributed by atoms with Crippen LogP contribution in [0, 0.1) is 0 Å². The average molecular weight is 638 g/mol. The largest absolute Gasteiger partial charge is 0.497 e. The maximum Gasteiger partial charge on any atom is 0.410 e. The van der Waals surface area contributed by atoms with Crippen molar-refractivity contribution in [1.82, 2.24) is 9.88 Å². The molecule has 1 fully saturated rings. The number of anilines is 1.